The first-order valence-corrected chi connectivity index (χ1v) is 9.26. The molecule has 0 aromatic heterocycles. The van der Waals surface area contributed by atoms with Gasteiger partial charge in [0.05, 0.1) is 6.61 Å². The van der Waals surface area contributed by atoms with Crippen molar-refractivity contribution in [1.82, 2.24) is 15.1 Å². The minimum atomic E-state index is 0.0404. The maximum Gasteiger partial charge on any atom is 0.243 e. The SMILES string of the molecule is COCC1CCN(C(=NCC(=O)N(C)C)NC2CCCCC2C)C1. The van der Waals surface area contributed by atoms with E-state index in [9.17, 15) is 4.79 Å². The summed E-state index contributed by atoms with van der Waals surface area (Å²) in [6.45, 7) is 5.26. The number of methoxy groups -OCH3 is 1. The molecule has 0 bridgehead atoms. The Morgan fingerprint density at radius 1 is 1.29 bits per heavy atom. The molecule has 0 radical (unpaired) electrons. The molecule has 1 saturated carbocycles. The van der Waals surface area contributed by atoms with Gasteiger partial charge in [0.25, 0.3) is 0 Å². The van der Waals surface area contributed by atoms with Gasteiger partial charge in [0.1, 0.15) is 6.54 Å². The van der Waals surface area contributed by atoms with E-state index in [-0.39, 0.29) is 12.5 Å². The van der Waals surface area contributed by atoms with Gasteiger partial charge in [0.15, 0.2) is 5.96 Å². The number of carbonyl (C=O) groups excluding carboxylic acids is 1. The maximum atomic E-state index is 11.9. The second-order valence-electron chi connectivity index (χ2n) is 7.50. The summed E-state index contributed by atoms with van der Waals surface area (Å²) in [5, 5.41) is 3.67. The third-order valence-corrected chi connectivity index (χ3v) is 5.28. The standard InChI is InChI=1S/C18H34N4O2/c1-14-7-5-6-8-16(14)20-18(19-11-17(23)21(2)3)22-10-9-15(12-22)13-24-4/h14-16H,5-13H2,1-4H3,(H,19,20). The van der Waals surface area contributed by atoms with Crippen molar-refractivity contribution < 1.29 is 9.53 Å². The normalized spacial score (nSPS) is 28.1. The van der Waals surface area contributed by atoms with Gasteiger partial charge in [-0.1, -0.05) is 19.8 Å². The third kappa shape index (κ3) is 5.36. The summed E-state index contributed by atoms with van der Waals surface area (Å²) >= 11 is 0. The van der Waals surface area contributed by atoms with Crippen molar-refractivity contribution in [3.05, 3.63) is 0 Å². The fraction of sp³-hybridized carbons (Fsp3) is 0.889. The molecule has 24 heavy (non-hydrogen) atoms. The van der Waals surface area contributed by atoms with Crippen LogP contribution in [0.1, 0.15) is 39.0 Å². The molecule has 1 amide bonds. The van der Waals surface area contributed by atoms with Crippen molar-refractivity contribution in [2.75, 3.05) is 47.4 Å². The Labute approximate surface area is 146 Å². The predicted molar refractivity (Wildman–Crippen MR) is 97.1 cm³/mol. The lowest BCUT2D eigenvalue weighted by Crippen LogP contribution is -2.48. The minimum absolute atomic E-state index is 0.0404. The molecule has 0 spiro atoms. The van der Waals surface area contributed by atoms with Gasteiger partial charge in [0, 0.05) is 46.3 Å². The number of amides is 1. The van der Waals surface area contributed by atoms with Crippen LogP contribution in [0.2, 0.25) is 0 Å². The second kappa shape index (κ2) is 9.25. The van der Waals surface area contributed by atoms with Crippen LogP contribution >= 0.6 is 0 Å². The van der Waals surface area contributed by atoms with E-state index in [1.807, 2.05) is 0 Å². The van der Waals surface area contributed by atoms with Crippen LogP contribution in [-0.2, 0) is 9.53 Å². The van der Waals surface area contributed by atoms with Gasteiger partial charge in [0.2, 0.25) is 5.91 Å². The Balaban J connectivity index is 2.03. The molecule has 6 nitrogen and oxygen atoms in total. The van der Waals surface area contributed by atoms with Gasteiger partial charge in [-0.15, -0.1) is 0 Å². The quantitative estimate of drug-likeness (QED) is 0.611. The number of nitrogens with one attached hydrogen (secondary N) is 1. The zero-order valence-electron chi connectivity index (χ0n) is 15.8. The number of likely N-dealkylation sites (N-methyl/N-ethyl adjacent to an activating group) is 1. The summed E-state index contributed by atoms with van der Waals surface area (Å²) < 4.78 is 5.30. The molecule has 1 heterocycles. The Morgan fingerprint density at radius 2 is 2.04 bits per heavy atom. The number of hydrogen-bond acceptors (Lipinski definition) is 3. The van der Waals surface area contributed by atoms with E-state index >= 15 is 0 Å². The summed E-state index contributed by atoms with van der Waals surface area (Å²) in [7, 11) is 5.31. The van der Waals surface area contributed by atoms with Gasteiger partial charge >= 0.3 is 0 Å². The van der Waals surface area contributed by atoms with Crippen molar-refractivity contribution in [2.45, 2.75) is 45.1 Å². The Kier molecular flexibility index (Phi) is 7.34. The maximum absolute atomic E-state index is 11.9. The number of carbonyl (C=O) groups is 1. The molecule has 1 aliphatic heterocycles. The highest BCUT2D eigenvalue weighted by Crippen LogP contribution is 2.24. The molecular formula is C18H34N4O2. The topological polar surface area (TPSA) is 57.2 Å². The molecule has 6 heteroatoms. The van der Waals surface area contributed by atoms with Gasteiger partial charge in [-0.3, -0.25) is 4.79 Å². The summed E-state index contributed by atoms with van der Waals surface area (Å²) in [5.74, 6) is 2.15. The van der Waals surface area contributed by atoms with Crippen LogP contribution in [0.3, 0.4) is 0 Å². The highest BCUT2D eigenvalue weighted by atomic mass is 16.5. The number of ether oxygens (including phenoxy) is 1. The summed E-state index contributed by atoms with van der Waals surface area (Å²) in [5.41, 5.74) is 0. The molecule has 1 N–H and O–H groups in total. The number of aliphatic imine (C=N–C) groups is 1. The van der Waals surface area contributed by atoms with E-state index in [0.29, 0.717) is 17.9 Å². The smallest absolute Gasteiger partial charge is 0.243 e. The van der Waals surface area contributed by atoms with Crippen molar-refractivity contribution in [2.24, 2.45) is 16.8 Å². The van der Waals surface area contributed by atoms with Crippen molar-refractivity contribution in [3.8, 4) is 0 Å². The van der Waals surface area contributed by atoms with Crippen LogP contribution in [0.15, 0.2) is 4.99 Å². The van der Waals surface area contributed by atoms with E-state index < -0.39 is 0 Å². The molecule has 0 aromatic rings. The van der Waals surface area contributed by atoms with Gasteiger partial charge in [-0.25, -0.2) is 4.99 Å². The van der Waals surface area contributed by atoms with Crippen LogP contribution in [0.5, 0.6) is 0 Å². The first-order valence-electron chi connectivity index (χ1n) is 9.26. The molecule has 2 fully saturated rings. The van der Waals surface area contributed by atoms with Crippen molar-refractivity contribution in [3.63, 3.8) is 0 Å². The van der Waals surface area contributed by atoms with Gasteiger partial charge < -0.3 is 19.9 Å². The number of rotatable bonds is 5. The number of likely N-dealkylation sites (tertiary alicyclic amines) is 1. The van der Waals surface area contributed by atoms with Crippen molar-refractivity contribution >= 4 is 11.9 Å². The highest BCUT2D eigenvalue weighted by molar-refractivity contribution is 5.85. The Bertz CT molecular complexity index is 439. The van der Waals surface area contributed by atoms with Gasteiger partial charge in [-0.2, -0.15) is 0 Å². The third-order valence-electron chi connectivity index (χ3n) is 5.28. The monoisotopic (exact) mass is 338 g/mol. The number of hydrogen-bond donors (Lipinski definition) is 1. The average molecular weight is 338 g/mol. The molecular weight excluding hydrogens is 304 g/mol. The fourth-order valence-electron chi connectivity index (χ4n) is 3.61. The molecule has 138 valence electrons. The van der Waals surface area contributed by atoms with E-state index in [1.54, 1.807) is 26.1 Å². The molecule has 0 aromatic carbocycles. The lowest BCUT2D eigenvalue weighted by molar-refractivity contribution is -0.127. The van der Waals surface area contributed by atoms with E-state index in [0.717, 1.165) is 32.1 Å². The minimum Gasteiger partial charge on any atom is -0.384 e. The van der Waals surface area contributed by atoms with Crippen LogP contribution in [0.4, 0.5) is 0 Å². The van der Waals surface area contributed by atoms with E-state index in [4.69, 9.17) is 4.74 Å². The zero-order valence-corrected chi connectivity index (χ0v) is 15.8. The fourth-order valence-corrected chi connectivity index (χ4v) is 3.61. The molecule has 1 aliphatic carbocycles. The van der Waals surface area contributed by atoms with Crippen molar-refractivity contribution in [1.29, 1.82) is 0 Å². The first-order chi connectivity index (χ1) is 11.5. The van der Waals surface area contributed by atoms with Crippen LogP contribution in [-0.4, -0.2) is 75.2 Å². The van der Waals surface area contributed by atoms with Crippen LogP contribution in [0.25, 0.3) is 0 Å². The molecule has 2 aliphatic rings. The zero-order chi connectivity index (χ0) is 17.5. The number of nitrogens with zero attached hydrogens (tertiary/aromatic N) is 3. The summed E-state index contributed by atoms with van der Waals surface area (Å²) in [6.07, 6.45) is 6.18. The molecule has 3 atom stereocenters. The number of guanidine groups is 1. The lowest BCUT2D eigenvalue weighted by atomic mass is 9.86. The molecule has 1 saturated heterocycles. The average Bonchev–Trinajstić information content (AvgIpc) is 3.01. The largest absolute Gasteiger partial charge is 0.384 e. The first kappa shape index (κ1) is 19.0. The summed E-state index contributed by atoms with van der Waals surface area (Å²) in [4.78, 5) is 20.5. The van der Waals surface area contributed by atoms with Crippen LogP contribution in [0, 0.1) is 11.8 Å². The highest BCUT2D eigenvalue weighted by Gasteiger charge is 2.28. The Morgan fingerprint density at radius 3 is 2.71 bits per heavy atom. The second-order valence-corrected chi connectivity index (χ2v) is 7.50. The Hall–Kier alpha value is -1.30. The molecule has 3 unspecified atom stereocenters. The predicted octanol–water partition coefficient (Wildman–Crippen LogP) is 1.57. The van der Waals surface area contributed by atoms with Crippen LogP contribution < -0.4 is 5.32 Å². The lowest BCUT2D eigenvalue weighted by Gasteiger charge is -2.33. The summed E-state index contributed by atoms with van der Waals surface area (Å²) in [6, 6.07) is 0.466. The molecule has 2 rings (SSSR count). The van der Waals surface area contributed by atoms with E-state index in [1.165, 1.54) is 25.7 Å². The van der Waals surface area contributed by atoms with E-state index in [2.05, 4.69) is 22.1 Å². The van der Waals surface area contributed by atoms with Gasteiger partial charge in [-0.05, 0) is 25.2 Å².